The van der Waals surface area contributed by atoms with Crippen LogP contribution in [0.4, 0.5) is 0 Å². The highest BCUT2D eigenvalue weighted by Gasteiger charge is 2.10. The minimum Gasteiger partial charge on any atom is -0.390 e. The SMILES string of the molecule is Cc1ccc(Cn2c(CO)cnc2SCCC(C)C)cc1. The van der Waals surface area contributed by atoms with Crippen LogP contribution >= 0.6 is 11.8 Å². The van der Waals surface area contributed by atoms with Crippen molar-refractivity contribution in [2.24, 2.45) is 5.92 Å². The van der Waals surface area contributed by atoms with Crippen LogP contribution in [0.1, 0.15) is 37.1 Å². The third-order valence-electron chi connectivity index (χ3n) is 3.45. The summed E-state index contributed by atoms with van der Waals surface area (Å²) in [6, 6.07) is 8.52. The van der Waals surface area contributed by atoms with Crippen LogP contribution in [0.25, 0.3) is 0 Å². The highest BCUT2D eigenvalue weighted by Crippen LogP contribution is 2.22. The Morgan fingerprint density at radius 1 is 1.24 bits per heavy atom. The molecule has 4 heteroatoms. The zero-order valence-corrected chi connectivity index (χ0v) is 13.9. The van der Waals surface area contributed by atoms with Crippen molar-refractivity contribution in [3.05, 3.63) is 47.3 Å². The standard InChI is InChI=1S/C17H24N2OS/c1-13(2)8-9-21-17-18-10-16(12-20)19(17)11-15-6-4-14(3)5-7-15/h4-7,10,13,20H,8-9,11-12H2,1-3H3. The van der Waals surface area contributed by atoms with Crippen molar-refractivity contribution >= 4 is 11.8 Å². The zero-order valence-electron chi connectivity index (χ0n) is 13.0. The molecule has 1 heterocycles. The van der Waals surface area contributed by atoms with Gasteiger partial charge in [0.1, 0.15) is 0 Å². The number of benzene rings is 1. The number of thioether (sulfide) groups is 1. The summed E-state index contributed by atoms with van der Waals surface area (Å²) in [6.07, 6.45) is 2.96. The van der Waals surface area contributed by atoms with Gasteiger partial charge in [-0.1, -0.05) is 55.4 Å². The van der Waals surface area contributed by atoms with Crippen molar-refractivity contribution < 1.29 is 5.11 Å². The third kappa shape index (κ3) is 4.61. The molecule has 0 fully saturated rings. The normalized spacial score (nSPS) is 11.3. The second-order valence-corrected chi connectivity index (χ2v) is 6.86. The fourth-order valence-corrected chi connectivity index (χ4v) is 3.30. The Morgan fingerprint density at radius 3 is 2.57 bits per heavy atom. The fourth-order valence-electron chi connectivity index (χ4n) is 2.06. The first kappa shape index (κ1) is 16.1. The average Bonchev–Trinajstić information content (AvgIpc) is 2.83. The summed E-state index contributed by atoms with van der Waals surface area (Å²) in [7, 11) is 0. The van der Waals surface area contributed by atoms with Crippen molar-refractivity contribution in [3.8, 4) is 0 Å². The molecule has 0 amide bonds. The van der Waals surface area contributed by atoms with Gasteiger partial charge < -0.3 is 9.67 Å². The lowest BCUT2D eigenvalue weighted by atomic mass is 10.1. The number of imidazole rings is 1. The van der Waals surface area contributed by atoms with Crippen LogP contribution in [0.5, 0.6) is 0 Å². The minimum absolute atomic E-state index is 0.0314. The molecular formula is C17H24N2OS. The Labute approximate surface area is 131 Å². The first-order chi connectivity index (χ1) is 10.1. The number of hydrogen-bond donors (Lipinski definition) is 1. The molecule has 0 unspecified atom stereocenters. The van der Waals surface area contributed by atoms with Crippen LogP contribution in [-0.2, 0) is 13.2 Å². The van der Waals surface area contributed by atoms with E-state index in [1.54, 1.807) is 18.0 Å². The molecule has 0 spiro atoms. The lowest BCUT2D eigenvalue weighted by Crippen LogP contribution is -2.06. The second-order valence-electron chi connectivity index (χ2n) is 5.79. The molecular weight excluding hydrogens is 280 g/mol. The van der Waals surface area contributed by atoms with E-state index in [9.17, 15) is 5.11 Å². The molecule has 0 aliphatic rings. The molecule has 3 nitrogen and oxygen atoms in total. The molecule has 0 saturated heterocycles. The summed E-state index contributed by atoms with van der Waals surface area (Å²) in [6.45, 7) is 7.36. The number of aromatic nitrogens is 2. The molecule has 21 heavy (non-hydrogen) atoms. The molecule has 0 radical (unpaired) electrons. The van der Waals surface area contributed by atoms with Gasteiger partial charge in [0, 0.05) is 12.3 Å². The van der Waals surface area contributed by atoms with Gasteiger partial charge in [0.25, 0.3) is 0 Å². The zero-order chi connectivity index (χ0) is 15.2. The minimum atomic E-state index is 0.0314. The summed E-state index contributed by atoms with van der Waals surface area (Å²) >= 11 is 1.77. The predicted octanol–water partition coefficient (Wildman–Crippen LogP) is 3.87. The van der Waals surface area contributed by atoms with Gasteiger partial charge in [-0.2, -0.15) is 0 Å². The number of hydrogen-bond acceptors (Lipinski definition) is 3. The molecule has 1 aromatic carbocycles. The summed E-state index contributed by atoms with van der Waals surface area (Å²) < 4.78 is 2.12. The number of aliphatic hydroxyl groups excluding tert-OH is 1. The van der Waals surface area contributed by atoms with E-state index in [0.717, 1.165) is 23.1 Å². The lowest BCUT2D eigenvalue weighted by molar-refractivity contribution is 0.270. The van der Waals surface area contributed by atoms with Gasteiger partial charge in [0.2, 0.25) is 0 Å². The van der Waals surface area contributed by atoms with Crippen molar-refractivity contribution in [2.75, 3.05) is 5.75 Å². The average molecular weight is 304 g/mol. The monoisotopic (exact) mass is 304 g/mol. The van der Waals surface area contributed by atoms with Gasteiger partial charge in [0.15, 0.2) is 5.16 Å². The molecule has 0 aliphatic heterocycles. The van der Waals surface area contributed by atoms with E-state index in [0.29, 0.717) is 5.92 Å². The number of nitrogens with zero attached hydrogens (tertiary/aromatic N) is 2. The van der Waals surface area contributed by atoms with E-state index >= 15 is 0 Å². The maximum atomic E-state index is 9.50. The third-order valence-corrected chi connectivity index (χ3v) is 4.48. The van der Waals surface area contributed by atoms with E-state index in [-0.39, 0.29) is 6.61 Å². The highest BCUT2D eigenvalue weighted by atomic mass is 32.2. The van der Waals surface area contributed by atoms with E-state index in [4.69, 9.17) is 0 Å². The van der Waals surface area contributed by atoms with Gasteiger partial charge in [-0.25, -0.2) is 4.98 Å². The van der Waals surface area contributed by atoms with Crippen molar-refractivity contribution in [1.82, 2.24) is 9.55 Å². The molecule has 114 valence electrons. The van der Waals surface area contributed by atoms with E-state index in [2.05, 4.69) is 54.6 Å². The van der Waals surface area contributed by atoms with Gasteiger partial charge in [-0.15, -0.1) is 0 Å². The lowest BCUT2D eigenvalue weighted by Gasteiger charge is -2.11. The summed E-state index contributed by atoms with van der Waals surface area (Å²) in [5, 5.41) is 10.5. The van der Waals surface area contributed by atoms with Gasteiger partial charge in [-0.3, -0.25) is 0 Å². The number of aliphatic hydroxyl groups is 1. The highest BCUT2D eigenvalue weighted by molar-refractivity contribution is 7.99. The predicted molar refractivity (Wildman–Crippen MR) is 88.6 cm³/mol. The first-order valence-electron chi connectivity index (χ1n) is 7.43. The second kappa shape index (κ2) is 7.66. The summed E-state index contributed by atoms with van der Waals surface area (Å²) in [4.78, 5) is 4.46. The smallest absolute Gasteiger partial charge is 0.168 e. The van der Waals surface area contributed by atoms with Crippen LogP contribution in [0.2, 0.25) is 0 Å². The molecule has 2 rings (SSSR count). The van der Waals surface area contributed by atoms with Crippen LogP contribution in [0.3, 0.4) is 0 Å². The Morgan fingerprint density at radius 2 is 1.95 bits per heavy atom. The van der Waals surface area contributed by atoms with Crippen LogP contribution in [-0.4, -0.2) is 20.4 Å². The Hall–Kier alpha value is -1.26. The molecule has 0 aliphatic carbocycles. The van der Waals surface area contributed by atoms with E-state index < -0.39 is 0 Å². The largest absolute Gasteiger partial charge is 0.390 e. The molecule has 1 aromatic heterocycles. The van der Waals surface area contributed by atoms with E-state index in [1.165, 1.54) is 17.5 Å². The number of aryl methyl sites for hydroxylation is 1. The van der Waals surface area contributed by atoms with Crippen molar-refractivity contribution in [2.45, 2.75) is 45.5 Å². The Kier molecular flexibility index (Phi) is 5.88. The molecule has 2 aromatic rings. The van der Waals surface area contributed by atoms with Gasteiger partial charge in [0.05, 0.1) is 18.5 Å². The molecule has 0 bridgehead atoms. The van der Waals surface area contributed by atoms with Crippen LogP contribution in [0, 0.1) is 12.8 Å². The molecule has 0 atom stereocenters. The molecule has 0 saturated carbocycles. The maximum absolute atomic E-state index is 9.50. The van der Waals surface area contributed by atoms with Gasteiger partial charge in [-0.05, 0) is 24.8 Å². The van der Waals surface area contributed by atoms with Crippen LogP contribution < -0.4 is 0 Å². The maximum Gasteiger partial charge on any atom is 0.168 e. The summed E-state index contributed by atoms with van der Waals surface area (Å²) in [5.41, 5.74) is 3.37. The van der Waals surface area contributed by atoms with E-state index in [1.807, 2.05) is 0 Å². The molecule has 1 N–H and O–H groups in total. The van der Waals surface area contributed by atoms with Crippen LogP contribution in [0.15, 0.2) is 35.6 Å². The quantitative estimate of drug-likeness (QED) is 0.789. The van der Waals surface area contributed by atoms with Crippen molar-refractivity contribution in [3.63, 3.8) is 0 Å². The summed E-state index contributed by atoms with van der Waals surface area (Å²) in [5.74, 6) is 1.77. The van der Waals surface area contributed by atoms with Gasteiger partial charge >= 0.3 is 0 Å². The fraction of sp³-hybridized carbons (Fsp3) is 0.471. The Bertz CT molecular complexity index is 561. The topological polar surface area (TPSA) is 38.0 Å². The number of rotatable bonds is 7. The Balaban J connectivity index is 2.12. The first-order valence-corrected chi connectivity index (χ1v) is 8.42. The van der Waals surface area contributed by atoms with Crippen molar-refractivity contribution in [1.29, 1.82) is 0 Å².